The number of hydrogen-bond acceptors (Lipinski definition) is 4. The van der Waals surface area contributed by atoms with Gasteiger partial charge in [-0.1, -0.05) is 13.0 Å². The molecule has 1 amide bonds. The molecule has 0 saturated heterocycles. The van der Waals surface area contributed by atoms with E-state index in [-0.39, 0.29) is 5.69 Å². The summed E-state index contributed by atoms with van der Waals surface area (Å²) in [5, 5.41) is 20.1. The lowest BCUT2D eigenvalue weighted by atomic mass is 10.2. The van der Waals surface area contributed by atoms with Crippen LogP contribution in [0.2, 0.25) is 0 Å². The lowest BCUT2D eigenvalue weighted by Gasteiger charge is -2.13. The zero-order valence-electron chi connectivity index (χ0n) is 12.7. The molecule has 2 heterocycles. The van der Waals surface area contributed by atoms with E-state index < -0.39 is 30.3 Å². The summed E-state index contributed by atoms with van der Waals surface area (Å²) in [6, 6.07) is 2.12. The van der Waals surface area contributed by atoms with Crippen molar-refractivity contribution in [2.24, 2.45) is 0 Å². The Bertz CT molecular complexity index is 781. The number of pyridine rings is 1. The Kier molecular flexibility index (Phi) is 4.63. The van der Waals surface area contributed by atoms with Gasteiger partial charge in [0.15, 0.2) is 0 Å². The van der Waals surface area contributed by atoms with Gasteiger partial charge in [-0.2, -0.15) is 0 Å². The van der Waals surface area contributed by atoms with E-state index in [1.165, 1.54) is 0 Å². The van der Waals surface area contributed by atoms with Crippen LogP contribution < -0.4 is 5.32 Å². The van der Waals surface area contributed by atoms with Gasteiger partial charge >= 0.3 is 11.9 Å². The largest absolute Gasteiger partial charge is 0.481 e. The van der Waals surface area contributed by atoms with Crippen molar-refractivity contribution in [1.29, 1.82) is 0 Å². The number of carbonyl (C=O) groups excluding carboxylic acids is 1. The van der Waals surface area contributed by atoms with Crippen molar-refractivity contribution in [3.05, 3.63) is 35.3 Å². The van der Waals surface area contributed by atoms with E-state index >= 15 is 0 Å². The normalized spacial score (nSPS) is 12.1. The standard InChI is InChI=1S/C15H17N3O5/c1-3-9-13(18-7-8(2)4-5-11(18)16-9)14(21)17-10(15(22)23)6-12(19)20/h4-5,7,10H,3,6H2,1-2H3,(H,17,21)(H,19,20)(H,22,23). The van der Waals surface area contributed by atoms with Crippen LogP contribution >= 0.6 is 0 Å². The summed E-state index contributed by atoms with van der Waals surface area (Å²) in [5.41, 5.74) is 2.23. The number of aliphatic carboxylic acids is 2. The van der Waals surface area contributed by atoms with Gasteiger partial charge in [0.05, 0.1) is 12.1 Å². The van der Waals surface area contributed by atoms with Crippen LogP contribution in [0.25, 0.3) is 5.65 Å². The Hall–Kier alpha value is -2.90. The number of nitrogens with zero attached hydrogens (tertiary/aromatic N) is 2. The molecule has 3 N–H and O–H groups in total. The highest BCUT2D eigenvalue weighted by Crippen LogP contribution is 2.15. The summed E-state index contributed by atoms with van der Waals surface area (Å²) in [4.78, 5) is 38.7. The van der Waals surface area contributed by atoms with E-state index in [2.05, 4.69) is 10.3 Å². The predicted octanol–water partition coefficient (Wildman–Crippen LogP) is 0.863. The van der Waals surface area contributed by atoms with Crippen molar-refractivity contribution < 1.29 is 24.6 Å². The summed E-state index contributed by atoms with van der Waals surface area (Å²) < 4.78 is 1.59. The van der Waals surface area contributed by atoms with Gasteiger partial charge in [-0.15, -0.1) is 0 Å². The number of aromatic nitrogens is 2. The Morgan fingerprint density at radius 1 is 1.30 bits per heavy atom. The first-order valence-electron chi connectivity index (χ1n) is 7.06. The van der Waals surface area contributed by atoms with Crippen LogP contribution in [0.15, 0.2) is 18.3 Å². The van der Waals surface area contributed by atoms with Crippen LogP contribution in [-0.2, 0) is 16.0 Å². The number of nitrogens with one attached hydrogen (secondary N) is 1. The molecule has 1 atom stereocenters. The highest BCUT2D eigenvalue weighted by atomic mass is 16.4. The fourth-order valence-electron chi connectivity index (χ4n) is 2.29. The maximum Gasteiger partial charge on any atom is 0.326 e. The molecular formula is C15H17N3O5. The van der Waals surface area contributed by atoms with Gasteiger partial charge in [-0.25, -0.2) is 9.78 Å². The number of imidazole rings is 1. The number of rotatable bonds is 6. The van der Waals surface area contributed by atoms with Crippen molar-refractivity contribution in [2.45, 2.75) is 32.7 Å². The first-order chi connectivity index (χ1) is 10.8. The lowest BCUT2D eigenvalue weighted by molar-refractivity contribution is -0.145. The first-order valence-corrected chi connectivity index (χ1v) is 7.06. The average Bonchev–Trinajstić information content (AvgIpc) is 2.83. The molecule has 1 unspecified atom stereocenters. The monoisotopic (exact) mass is 319 g/mol. The summed E-state index contributed by atoms with van der Waals surface area (Å²) in [6.07, 6.45) is 1.52. The second-order valence-corrected chi connectivity index (χ2v) is 5.16. The van der Waals surface area contributed by atoms with E-state index in [0.29, 0.717) is 17.8 Å². The average molecular weight is 319 g/mol. The molecule has 8 nitrogen and oxygen atoms in total. The maximum absolute atomic E-state index is 12.5. The minimum Gasteiger partial charge on any atom is -0.481 e. The molecule has 0 aliphatic carbocycles. The second-order valence-electron chi connectivity index (χ2n) is 5.16. The third-order valence-corrected chi connectivity index (χ3v) is 3.37. The summed E-state index contributed by atoms with van der Waals surface area (Å²) in [7, 11) is 0. The smallest absolute Gasteiger partial charge is 0.326 e. The fraction of sp³-hybridized carbons (Fsp3) is 0.333. The number of amides is 1. The topological polar surface area (TPSA) is 121 Å². The minimum atomic E-state index is -1.50. The molecule has 0 bridgehead atoms. The van der Waals surface area contributed by atoms with Gasteiger partial charge in [0.25, 0.3) is 5.91 Å². The van der Waals surface area contributed by atoms with Crippen LogP contribution in [0.5, 0.6) is 0 Å². The van der Waals surface area contributed by atoms with E-state index in [9.17, 15) is 14.4 Å². The van der Waals surface area contributed by atoms with E-state index in [4.69, 9.17) is 10.2 Å². The van der Waals surface area contributed by atoms with Crippen molar-refractivity contribution in [1.82, 2.24) is 14.7 Å². The van der Waals surface area contributed by atoms with Crippen LogP contribution in [0.1, 0.15) is 35.1 Å². The molecule has 122 valence electrons. The van der Waals surface area contributed by atoms with Gasteiger partial charge in [-0.05, 0) is 25.0 Å². The molecule has 2 aromatic rings. The van der Waals surface area contributed by atoms with Gasteiger partial charge in [0.1, 0.15) is 17.4 Å². The van der Waals surface area contributed by atoms with E-state index in [1.54, 1.807) is 16.7 Å². The number of aryl methyl sites for hydroxylation is 2. The molecule has 23 heavy (non-hydrogen) atoms. The minimum absolute atomic E-state index is 0.225. The molecule has 2 aromatic heterocycles. The van der Waals surface area contributed by atoms with Gasteiger partial charge in [-0.3, -0.25) is 14.0 Å². The molecule has 0 spiro atoms. The molecule has 0 aliphatic rings. The van der Waals surface area contributed by atoms with E-state index in [0.717, 1.165) is 5.56 Å². The fourth-order valence-corrected chi connectivity index (χ4v) is 2.29. The first kappa shape index (κ1) is 16.5. The number of hydrogen-bond donors (Lipinski definition) is 3. The quantitative estimate of drug-likeness (QED) is 0.726. The number of carboxylic acids is 2. The Morgan fingerprint density at radius 3 is 2.57 bits per heavy atom. The van der Waals surface area contributed by atoms with Crippen LogP contribution in [-0.4, -0.2) is 43.5 Å². The number of fused-ring (bicyclic) bond motifs is 1. The molecule has 0 saturated carbocycles. The zero-order chi connectivity index (χ0) is 17.1. The van der Waals surface area contributed by atoms with Crippen molar-refractivity contribution in [3.8, 4) is 0 Å². The molecule has 0 aromatic carbocycles. The zero-order valence-corrected chi connectivity index (χ0v) is 12.7. The third kappa shape index (κ3) is 3.47. The maximum atomic E-state index is 12.5. The van der Waals surface area contributed by atoms with Gasteiger partial charge < -0.3 is 15.5 Å². The van der Waals surface area contributed by atoms with Gasteiger partial charge in [0.2, 0.25) is 0 Å². The van der Waals surface area contributed by atoms with Crippen LogP contribution in [0, 0.1) is 6.92 Å². The molecule has 0 fully saturated rings. The molecule has 2 rings (SSSR count). The summed E-state index contributed by atoms with van der Waals surface area (Å²) >= 11 is 0. The Morgan fingerprint density at radius 2 is 2.00 bits per heavy atom. The highest BCUT2D eigenvalue weighted by molar-refractivity contribution is 5.97. The number of carbonyl (C=O) groups is 3. The lowest BCUT2D eigenvalue weighted by Crippen LogP contribution is -2.42. The van der Waals surface area contributed by atoms with Gasteiger partial charge in [0, 0.05) is 6.20 Å². The highest BCUT2D eigenvalue weighted by Gasteiger charge is 2.26. The second kappa shape index (κ2) is 6.47. The molecule has 0 aliphatic heterocycles. The van der Waals surface area contributed by atoms with E-state index in [1.807, 2.05) is 19.9 Å². The van der Waals surface area contributed by atoms with Crippen LogP contribution in [0.3, 0.4) is 0 Å². The SMILES string of the molecule is CCc1nc2ccc(C)cn2c1C(=O)NC(CC(=O)O)C(=O)O. The Balaban J connectivity index is 2.41. The van der Waals surface area contributed by atoms with Crippen molar-refractivity contribution in [2.75, 3.05) is 0 Å². The summed E-state index contributed by atoms with van der Waals surface area (Å²) in [6.45, 7) is 3.69. The molecule has 8 heteroatoms. The Labute approximate surface area is 131 Å². The summed E-state index contributed by atoms with van der Waals surface area (Å²) in [5.74, 6) is -3.36. The van der Waals surface area contributed by atoms with Crippen LogP contribution in [0.4, 0.5) is 0 Å². The van der Waals surface area contributed by atoms with Crippen molar-refractivity contribution >= 4 is 23.5 Å². The molecule has 0 radical (unpaired) electrons. The third-order valence-electron chi connectivity index (χ3n) is 3.37. The molecular weight excluding hydrogens is 302 g/mol. The predicted molar refractivity (Wildman–Crippen MR) is 80.4 cm³/mol. The number of carboxylic acid groups (broad SMARTS) is 2. The van der Waals surface area contributed by atoms with Crippen molar-refractivity contribution in [3.63, 3.8) is 0 Å².